The Labute approximate surface area is 132 Å². The quantitative estimate of drug-likeness (QED) is 0.800. The number of thioether (sulfide) groups is 1. The summed E-state index contributed by atoms with van der Waals surface area (Å²) in [7, 11) is 0. The predicted molar refractivity (Wildman–Crippen MR) is 83.9 cm³/mol. The van der Waals surface area contributed by atoms with Gasteiger partial charge in [-0.1, -0.05) is 18.7 Å². The zero-order valence-electron chi connectivity index (χ0n) is 12.4. The first-order valence-electron chi connectivity index (χ1n) is 6.90. The number of hydrogen-bond acceptors (Lipinski definition) is 4. The summed E-state index contributed by atoms with van der Waals surface area (Å²) in [5.74, 6) is -0.662. The van der Waals surface area contributed by atoms with Crippen LogP contribution < -0.4 is 5.32 Å². The predicted octanol–water partition coefficient (Wildman–Crippen LogP) is 2.23. The van der Waals surface area contributed by atoms with Crippen LogP contribution in [0.15, 0.2) is 35.6 Å². The van der Waals surface area contributed by atoms with Crippen molar-refractivity contribution in [1.82, 2.24) is 14.9 Å². The normalized spacial score (nSPS) is 12.2. The SMILES string of the molecule is CCC(CO)NC(=O)c1cnc(SC)n1-c1ccc(F)cc1. The van der Waals surface area contributed by atoms with Crippen molar-refractivity contribution in [3.63, 3.8) is 0 Å². The molecule has 1 aromatic carbocycles. The Morgan fingerprint density at radius 1 is 1.45 bits per heavy atom. The molecule has 0 fully saturated rings. The minimum atomic E-state index is -0.341. The van der Waals surface area contributed by atoms with Crippen molar-refractivity contribution in [3.8, 4) is 5.69 Å². The highest BCUT2D eigenvalue weighted by atomic mass is 32.2. The largest absolute Gasteiger partial charge is 0.394 e. The highest BCUT2D eigenvalue weighted by Gasteiger charge is 2.19. The summed E-state index contributed by atoms with van der Waals surface area (Å²) in [5, 5.41) is 12.6. The topological polar surface area (TPSA) is 67.2 Å². The van der Waals surface area contributed by atoms with Gasteiger partial charge in [-0.15, -0.1) is 0 Å². The highest BCUT2D eigenvalue weighted by molar-refractivity contribution is 7.98. The molecule has 1 unspecified atom stereocenters. The number of amides is 1. The Kier molecular flexibility index (Phi) is 5.57. The first kappa shape index (κ1) is 16.5. The summed E-state index contributed by atoms with van der Waals surface area (Å²) in [6.07, 6.45) is 3.96. The number of rotatable bonds is 6. The van der Waals surface area contributed by atoms with Gasteiger partial charge < -0.3 is 10.4 Å². The lowest BCUT2D eigenvalue weighted by Crippen LogP contribution is -2.37. The average molecular weight is 323 g/mol. The van der Waals surface area contributed by atoms with E-state index in [1.54, 1.807) is 16.7 Å². The van der Waals surface area contributed by atoms with Gasteiger partial charge in [0.1, 0.15) is 11.5 Å². The number of nitrogens with zero attached hydrogens (tertiary/aromatic N) is 2. The van der Waals surface area contributed by atoms with E-state index >= 15 is 0 Å². The van der Waals surface area contributed by atoms with Crippen LogP contribution in [0.3, 0.4) is 0 Å². The summed E-state index contributed by atoms with van der Waals surface area (Å²) < 4.78 is 14.8. The lowest BCUT2D eigenvalue weighted by Gasteiger charge is -2.15. The summed E-state index contributed by atoms with van der Waals surface area (Å²) >= 11 is 1.39. The third-order valence-electron chi connectivity index (χ3n) is 3.28. The molecular formula is C15H18FN3O2S. The van der Waals surface area contributed by atoms with E-state index in [1.165, 1.54) is 30.1 Å². The molecule has 0 aliphatic heterocycles. The van der Waals surface area contributed by atoms with E-state index in [0.717, 1.165) is 0 Å². The molecule has 7 heteroatoms. The molecule has 1 heterocycles. The van der Waals surface area contributed by atoms with Crippen molar-refractivity contribution in [1.29, 1.82) is 0 Å². The van der Waals surface area contributed by atoms with Crippen LogP contribution in [-0.2, 0) is 0 Å². The van der Waals surface area contributed by atoms with Gasteiger partial charge >= 0.3 is 0 Å². The van der Waals surface area contributed by atoms with Gasteiger partial charge in [0, 0.05) is 5.69 Å². The fourth-order valence-electron chi connectivity index (χ4n) is 2.01. The minimum Gasteiger partial charge on any atom is -0.394 e. The van der Waals surface area contributed by atoms with Crippen molar-refractivity contribution in [2.45, 2.75) is 24.5 Å². The summed E-state index contributed by atoms with van der Waals surface area (Å²) in [4.78, 5) is 16.6. The molecule has 0 saturated heterocycles. The van der Waals surface area contributed by atoms with Gasteiger partial charge in [0.2, 0.25) is 0 Å². The molecule has 22 heavy (non-hydrogen) atoms. The molecule has 0 spiro atoms. The highest BCUT2D eigenvalue weighted by Crippen LogP contribution is 2.22. The molecule has 5 nitrogen and oxygen atoms in total. The maximum atomic E-state index is 13.1. The zero-order chi connectivity index (χ0) is 16.1. The van der Waals surface area contributed by atoms with Crippen LogP contribution in [0, 0.1) is 5.82 Å². The fraction of sp³-hybridized carbons (Fsp3) is 0.333. The lowest BCUT2D eigenvalue weighted by molar-refractivity contribution is 0.0907. The van der Waals surface area contributed by atoms with E-state index in [0.29, 0.717) is 23.0 Å². The van der Waals surface area contributed by atoms with Crippen LogP contribution in [0.1, 0.15) is 23.8 Å². The monoisotopic (exact) mass is 323 g/mol. The van der Waals surface area contributed by atoms with E-state index in [1.807, 2.05) is 13.2 Å². The zero-order valence-corrected chi connectivity index (χ0v) is 13.2. The molecule has 0 aliphatic carbocycles. The summed E-state index contributed by atoms with van der Waals surface area (Å²) in [6.45, 7) is 1.76. The molecule has 118 valence electrons. The van der Waals surface area contributed by atoms with E-state index < -0.39 is 0 Å². The lowest BCUT2D eigenvalue weighted by atomic mass is 10.2. The van der Waals surface area contributed by atoms with Crippen molar-refractivity contribution >= 4 is 17.7 Å². The van der Waals surface area contributed by atoms with Crippen LogP contribution in [0.5, 0.6) is 0 Å². The van der Waals surface area contributed by atoms with E-state index in [-0.39, 0.29) is 24.4 Å². The number of nitrogens with one attached hydrogen (secondary N) is 1. The van der Waals surface area contributed by atoms with Gasteiger partial charge in [-0.05, 0) is 36.9 Å². The number of halogens is 1. The molecule has 2 aromatic rings. The summed E-state index contributed by atoms with van der Waals surface area (Å²) in [5.41, 5.74) is 1.01. The van der Waals surface area contributed by atoms with E-state index in [4.69, 9.17) is 0 Å². The van der Waals surface area contributed by atoms with E-state index in [2.05, 4.69) is 10.3 Å². The number of aliphatic hydroxyl groups is 1. The molecular weight excluding hydrogens is 305 g/mol. The van der Waals surface area contributed by atoms with Crippen LogP contribution in [0.4, 0.5) is 4.39 Å². The van der Waals surface area contributed by atoms with Crippen LogP contribution in [0.25, 0.3) is 5.69 Å². The average Bonchev–Trinajstić information content (AvgIpc) is 2.97. The van der Waals surface area contributed by atoms with Gasteiger partial charge in [0.05, 0.1) is 18.8 Å². The number of hydrogen-bond donors (Lipinski definition) is 2. The van der Waals surface area contributed by atoms with Crippen LogP contribution in [-0.4, -0.2) is 39.5 Å². The smallest absolute Gasteiger partial charge is 0.270 e. The third-order valence-corrected chi connectivity index (χ3v) is 3.93. The second-order valence-electron chi connectivity index (χ2n) is 4.70. The van der Waals surface area contributed by atoms with Gasteiger partial charge in [0.25, 0.3) is 5.91 Å². The standard InChI is InChI=1S/C15H18FN3O2S/c1-3-11(9-20)18-14(21)13-8-17-15(22-2)19(13)12-6-4-10(16)5-7-12/h4-8,11,20H,3,9H2,1-2H3,(H,18,21). The number of aromatic nitrogens is 2. The third kappa shape index (κ3) is 3.48. The Hall–Kier alpha value is -1.86. The number of benzene rings is 1. The Bertz CT molecular complexity index is 639. The Morgan fingerprint density at radius 2 is 2.14 bits per heavy atom. The van der Waals surface area contributed by atoms with Crippen molar-refractivity contribution in [2.75, 3.05) is 12.9 Å². The van der Waals surface area contributed by atoms with Crippen molar-refractivity contribution < 1.29 is 14.3 Å². The maximum absolute atomic E-state index is 13.1. The molecule has 0 aliphatic rings. The number of imidazole rings is 1. The van der Waals surface area contributed by atoms with Gasteiger partial charge in [-0.25, -0.2) is 9.37 Å². The summed E-state index contributed by atoms with van der Waals surface area (Å²) in [6, 6.07) is 5.56. The van der Waals surface area contributed by atoms with Gasteiger partial charge in [0.15, 0.2) is 5.16 Å². The first-order valence-corrected chi connectivity index (χ1v) is 8.12. The maximum Gasteiger partial charge on any atom is 0.270 e. The molecule has 0 radical (unpaired) electrons. The first-order chi connectivity index (χ1) is 10.6. The van der Waals surface area contributed by atoms with Gasteiger partial charge in [-0.2, -0.15) is 0 Å². The Morgan fingerprint density at radius 3 is 2.68 bits per heavy atom. The van der Waals surface area contributed by atoms with Crippen molar-refractivity contribution in [2.24, 2.45) is 0 Å². The second-order valence-corrected chi connectivity index (χ2v) is 5.48. The number of carbonyl (C=O) groups excluding carboxylic acids is 1. The van der Waals surface area contributed by atoms with Gasteiger partial charge in [-0.3, -0.25) is 9.36 Å². The Balaban J connectivity index is 2.38. The molecule has 2 N–H and O–H groups in total. The van der Waals surface area contributed by atoms with E-state index in [9.17, 15) is 14.3 Å². The second kappa shape index (κ2) is 7.42. The molecule has 2 rings (SSSR count). The fourth-order valence-corrected chi connectivity index (χ4v) is 2.56. The molecule has 1 aromatic heterocycles. The molecule has 0 bridgehead atoms. The molecule has 0 saturated carbocycles. The van der Waals surface area contributed by atoms with Crippen molar-refractivity contribution in [3.05, 3.63) is 42.0 Å². The number of aliphatic hydroxyl groups excluding tert-OH is 1. The number of carbonyl (C=O) groups is 1. The van der Waals surface area contributed by atoms with Crippen LogP contribution in [0.2, 0.25) is 0 Å². The minimum absolute atomic E-state index is 0.123. The molecule has 1 atom stereocenters. The van der Waals surface area contributed by atoms with Crippen LogP contribution >= 0.6 is 11.8 Å². The molecule has 1 amide bonds.